The monoisotopic (exact) mass is 251 g/mol. The molecule has 0 bridgehead atoms. The van der Waals surface area contributed by atoms with Gasteiger partial charge in [0.15, 0.2) is 0 Å². The molecule has 1 heterocycles. The highest BCUT2D eigenvalue weighted by Gasteiger charge is 2.01. The fraction of sp³-hybridized carbons (Fsp3) is 0.125. The van der Waals surface area contributed by atoms with Crippen molar-refractivity contribution in [1.29, 1.82) is 0 Å². The fourth-order valence-corrected chi connectivity index (χ4v) is 1.85. The van der Waals surface area contributed by atoms with Crippen LogP contribution in [-0.2, 0) is 0 Å². The number of aromatic nitrogens is 3. The molecule has 3 nitrogen and oxygen atoms in total. The van der Waals surface area contributed by atoms with E-state index in [-0.39, 0.29) is 0 Å². The highest BCUT2D eigenvalue weighted by Crippen LogP contribution is 2.24. The van der Waals surface area contributed by atoms with Gasteiger partial charge >= 0.3 is 0 Å². The molecule has 0 saturated heterocycles. The molecule has 1 aromatic heterocycles. The molecule has 96 valence electrons. The molecule has 0 aliphatic rings. The average Bonchev–Trinajstić information content (AvgIpc) is 3.02. The maximum atomic E-state index is 3.49. The van der Waals surface area contributed by atoms with E-state index in [2.05, 4.69) is 77.8 Å². The van der Waals surface area contributed by atoms with Gasteiger partial charge in [0.05, 0.1) is 12.4 Å². The molecule has 0 spiro atoms. The third kappa shape index (κ3) is 3.52. The predicted octanol–water partition coefficient (Wildman–Crippen LogP) is 3.78. The van der Waals surface area contributed by atoms with Crippen molar-refractivity contribution in [2.75, 3.05) is 0 Å². The first-order chi connectivity index (χ1) is 9.29. The van der Waals surface area contributed by atoms with Crippen LogP contribution in [0.4, 0.5) is 0 Å². The molecule has 3 heteroatoms. The Hall–Kier alpha value is -2.42. The van der Waals surface area contributed by atoms with Gasteiger partial charge in [-0.25, -0.2) is 0 Å². The lowest BCUT2D eigenvalue weighted by atomic mass is 9.97. The Morgan fingerprint density at radius 3 is 2.05 bits per heavy atom. The van der Waals surface area contributed by atoms with Crippen LogP contribution in [0.3, 0.4) is 0 Å². The highest BCUT2D eigenvalue weighted by molar-refractivity contribution is 5.68. The van der Waals surface area contributed by atoms with Crippen LogP contribution in [0, 0.1) is 13.8 Å². The van der Waals surface area contributed by atoms with Crippen molar-refractivity contribution in [3.8, 4) is 11.1 Å². The van der Waals surface area contributed by atoms with Crippen molar-refractivity contribution in [3.05, 3.63) is 72.1 Å². The molecule has 2 aromatic carbocycles. The second-order valence-electron chi connectivity index (χ2n) is 4.27. The molecule has 1 N–H and O–H groups in total. The van der Waals surface area contributed by atoms with Crippen LogP contribution in [0.1, 0.15) is 11.1 Å². The summed E-state index contributed by atoms with van der Waals surface area (Å²) < 4.78 is 0. The van der Waals surface area contributed by atoms with E-state index in [4.69, 9.17) is 0 Å². The molecule has 3 rings (SSSR count). The molecule has 0 atom stereocenters. The van der Waals surface area contributed by atoms with E-state index in [1.807, 2.05) is 0 Å². The minimum absolute atomic E-state index is 1.30. The first-order valence-electron chi connectivity index (χ1n) is 6.20. The van der Waals surface area contributed by atoms with Crippen molar-refractivity contribution in [3.63, 3.8) is 0 Å². The largest absolute Gasteiger partial charge is 0.198 e. The van der Waals surface area contributed by atoms with Gasteiger partial charge in [-0.3, -0.25) is 0 Å². The summed E-state index contributed by atoms with van der Waals surface area (Å²) in [4.78, 5) is 0. The number of H-pyrrole nitrogens is 1. The summed E-state index contributed by atoms with van der Waals surface area (Å²) in [5, 5.41) is 9.33. The van der Waals surface area contributed by atoms with Gasteiger partial charge in [0.1, 0.15) is 0 Å². The van der Waals surface area contributed by atoms with E-state index >= 15 is 0 Å². The average molecular weight is 251 g/mol. The van der Waals surface area contributed by atoms with Gasteiger partial charge < -0.3 is 0 Å². The second kappa shape index (κ2) is 6.50. The van der Waals surface area contributed by atoms with E-state index < -0.39 is 0 Å². The van der Waals surface area contributed by atoms with E-state index in [1.165, 1.54) is 22.3 Å². The molecule has 0 aliphatic heterocycles. The third-order valence-corrected chi connectivity index (χ3v) is 3.02. The summed E-state index contributed by atoms with van der Waals surface area (Å²) in [6, 6.07) is 17.0. The first-order valence-corrected chi connectivity index (χ1v) is 6.20. The van der Waals surface area contributed by atoms with Crippen LogP contribution in [0.15, 0.2) is 60.9 Å². The number of aromatic amines is 1. The van der Waals surface area contributed by atoms with Crippen LogP contribution in [0.2, 0.25) is 0 Å². The Morgan fingerprint density at radius 1 is 0.789 bits per heavy atom. The van der Waals surface area contributed by atoms with Crippen molar-refractivity contribution in [1.82, 2.24) is 15.4 Å². The number of aryl methyl sites for hydroxylation is 1. The Morgan fingerprint density at radius 2 is 1.47 bits per heavy atom. The summed E-state index contributed by atoms with van der Waals surface area (Å²) in [7, 11) is 0. The van der Waals surface area contributed by atoms with E-state index in [0.29, 0.717) is 0 Å². The number of nitrogens with zero attached hydrogens (tertiary/aromatic N) is 2. The first kappa shape index (κ1) is 13.0. The lowest BCUT2D eigenvalue weighted by molar-refractivity contribution is 0.940. The molecule has 0 fully saturated rings. The Labute approximate surface area is 113 Å². The summed E-state index contributed by atoms with van der Waals surface area (Å²) in [5.41, 5.74) is 5.37. The van der Waals surface area contributed by atoms with Gasteiger partial charge in [0, 0.05) is 0 Å². The van der Waals surface area contributed by atoms with Crippen molar-refractivity contribution >= 4 is 0 Å². The van der Waals surface area contributed by atoms with Crippen molar-refractivity contribution in [2.45, 2.75) is 13.8 Å². The number of rotatable bonds is 1. The van der Waals surface area contributed by atoms with Crippen molar-refractivity contribution in [2.24, 2.45) is 0 Å². The molecule has 3 aromatic rings. The second-order valence-corrected chi connectivity index (χ2v) is 4.27. The molecular formula is C16H17N3. The minimum atomic E-state index is 1.30. The van der Waals surface area contributed by atoms with Crippen LogP contribution in [0.25, 0.3) is 11.1 Å². The summed E-state index contributed by atoms with van der Waals surface area (Å²) in [5.74, 6) is 0. The SMILES string of the molecule is Cc1cccc(-c2ccccc2)c1C.c1cn[nH]n1. The smallest absolute Gasteiger partial charge is 0.0690 e. The number of hydrogen-bond donors (Lipinski definition) is 1. The summed E-state index contributed by atoms with van der Waals surface area (Å²) >= 11 is 0. The van der Waals surface area contributed by atoms with Gasteiger partial charge in [-0.2, -0.15) is 15.4 Å². The van der Waals surface area contributed by atoms with Crippen LogP contribution < -0.4 is 0 Å². The standard InChI is InChI=1S/C14H14.C2H3N3/c1-11-7-6-10-14(12(11)2)13-8-4-3-5-9-13;1-2-4-5-3-1/h3-10H,1-2H3;1-2H,(H,3,4,5). The van der Waals surface area contributed by atoms with Crippen LogP contribution in [-0.4, -0.2) is 15.4 Å². The molecule has 0 amide bonds. The molecular weight excluding hydrogens is 234 g/mol. The summed E-state index contributed by atoms with van der Waals surface area (Å²) in [6.45, 7) is 4.33. The zero-order valence-electron chi connectivity index (χ0n) is 11.2. The molecule has 0 unspecified atom stereocenters. The normalized spacial score (nSPS) is 9.58. The Bertz CT molecular complexity index is 584. The van der Waals surface area contributed by atoms with Crippen LogP contribution in [0.5, 0.6) is 0 Å². The quantitative estimate of drug-likeness (QED) is 0.715. The summed E-state index contributed by atoms with van der Waals surface area (Å²) in [6.07, 6.45) is 3.17. The van der Waals surface area contributed by atoms with E-state index in [9.17, 15) is 0 Å². The Balaban J connectivity index is 0.000000224. The molecule has 0 saturated carbocycles. The molecule has 19 heavy (non-hydrogen) atoms. The van der Waals surface area contributed by atoms with Gasteiger partial charge in [0.2, 0.25) is 0 Å². The zero-order chi connectivity index (χ0) is 13.5. The van der Waals surface area contributed by atoms with E-state index in [0.717, 1.165) is 0 Å². The zero-order valence-corrected chi connectivity index (χ0v) is 11.2. The lowest BCUT2D eigenvalue weighted by Gasteiger charge is -2.07. The number of nitrogens with one attached hydrogen (secondary N) is 1. The van der Waals surface area contributed by atoms with Gasteiger partial charge in [-0.15, -0.1) is 0 Å². The van der Waals surface area contributed by atoms with E-state index in [1.54, 1.807) is 12.4 Å². The van der Waals surface area contributed by atoms with Gasteiger partial charge in [-0.1, -0.05) is 48.5 Å². The van der Waals surface area contributed by atoms with Gasteiger partial charge in [-0.05, 0) is 36.1 Å². The molecule has 0 radical (unpaired) electrons. The topological polar surface area (TPSA) is 41.6 Å². The fourth-order valence-electron chi connectivity index (χ4n) is 1.85. The Kier molecular flexibility index (Phi) is 4.45. The maximum Gasteiger partial charge on any atom is 0.0690 e. The lowest BCUT2D eigenvalue weighted by Crippen LogP contribution is -1.85. The van der Waals surface area contributed by atoms with Crippen molar-refractivity contribution < 1.29 is 0 Å². The number of benzene rings is 2. The molecule has 0 aliphatic carbocycles. The predicted molar refractivity (Wildman–Crippen MR) is 77.7 cm³/mol. The highest BCUT2D eigenvalue weighted by atomic mass is 15.3. The van der Waals surface area contributed by atoms with Crippen LogP contribution >= 0.6 is 0 Å². The third-order valence-electron chi connectivity index (χ3n) is 3.02. The number of hydrogen-bond acceptors (Lipinski definition) is 2. The minimum Gasteiger partial charge on any atom is -0.198 e. The maximum absolute atomic E-state index is 3.49. The van der Waals surface area contributed by atoms with Gasteiger partial charge in [0.25, 0.3) is 0 Å².